The fourth-order valence-electron chi connectivity index (χ4n) is 2.06. The maximum atomic E-state index is 12.1. The number of carbonyl (C=O) groups is 1. The summed E-state index contributed by atoms with van der Waals surface area (Å²) in [5.41, 5.74) is 2.65. The van der Waals surface area contributed by atoms with Crippen molar-refractivity contribution in [2.24, 2.45) is 0 Å². The first-order chi connectivity index (χ1) is 10.6. The van der Waals surface area contributed by atoms with Gasteiger partial charge in [0.15, 0.2) is 5.76 Å². The van der Waals surface area contributed by atoms with Crippen molar-refractivity contribution in [3.8, 4) is 11.3 Å². The Balaban J connectivity index is 1.73. The first-order valence-electron chi connectivity index (χ1n) is 6.86. The molecule has 1 atom stereocenters. The topological polar surface area (TPSA) is 68.0 Å². The average molecular weight is 313 g/mol. The second kappa shape index (κ2) is 6.11. The van der Waals surface area contributed by atoms with E-state index in [1.807, 2.05) is 31.4 Å². The van der Waals surface area contributed by atoms with Gasteiger partial charge in [0.1, 0.15) is 5.01 Å². The van der Waals surface area contributed by atoms with Crippen LogP contribution in [0.4, 0.5) is 0 Å². The van der Waals surface area contributed by atoms with Crippen LogP contribution in [0.25, 0.3) is 11.3 Å². The van der Waals surface area contributed by atoms with E-state index >= 15 is 0 Å². The van der Waals surface area contributed by atoms with E-state index in [4.69, 9.17) is 4.42 Å². The van der Waals surface area contributed by atoms with Crippen LogP contribution in [-0.4, -0.2) is 15.9 Å². The highest BCUT2D eigenvalue weighted by molar-refractivity contribution is 7.10. The molecular weight excluding hydrogens is 298 g/mol. The summed E-state index contributed by atoms with van der Waals surface area (Å²) < 4.78 is 5.20. The summed E-state index contributed by atoms with van der Waals surface area (Å²) in [4.78, 5) is 20.8. The number of rotatable bonds is 4. The number of pyridine rings is 1. The predicted octanol–water partition coefficient (Wildman–Crippen LogP) is 3.60. The minimum absolute atomic E-state index is 0.188. The smallest absolute Gasteiger partial charge is 0.287 e. The van der Waals surface area contributed by atoms with E-state index in [0.29, 0.717) is 5.76 Å². The third-order valence-corrected chi connectivity index (χ3v) is 4.29. The minimum Gasteiger partial charge on any atom is -0.459 e. The molecule has 0 bridgehead atoms. The zero-order valence-electron chi connectivity index (χ0n) is 12.2. The molecule has 3 aromatic rings. The second-order valence-corrected chi connectivity index (χ2v) is 5.83. The Bertz CT molecular complexity index is 780. The molecule has 0 saturated carbocycles. The molecule has 0 aliphatic rings. The number of nitrogens with one attached hydrogen (secondary N) is 1. The molecule has 1 unspecified atom stereocenters. The van der Waals surface area contributed by atoms with Crippen LogP contribution >= 0.6 is 11.3 Å². The van der Waals surface area contributed by atoms with Gasteiger partial charge >= 0.3 is 0 Å². The number of aryl methyl sites for hydroxylation is 1. The van der Waals surface area contributed by atoms with Crippen LogP contribution in [0, 0.1) is 6.92 Å². The standard InChI is InChI=1S/C16H15N3O2S/c1-10-5-7-21-14(10)15(20)18-11(2)16-19-13(9-22-16)12-4-3-6-17-8-12/h3-9,11H,1-2H3,(H,18,20). The lowest BCUT2D eigenvalue weighted by Gasteiger charge is -2.10. The van der Waals surface area contributed by atoms with Crippen LogP contribution in [0.3, 0.4) is 0 Å². The van der Waals surface area contributed by atoms with Crippen molar-refractivity contribution in [3.63, 3.8) is 0 Å². The summed E-state index contributed by atoms with van der Waals surface area (Å²) in [5, 5.41) is 5.71. The molecule has 0 fully saturated rings. The van der Waals surface area contributed by atoms with E-state index in [9.17, 15) is 4.79 Å². The molecule has 5 nitrogen and oxygen atoms in total. The van der Waals surface area contributed by atoms with Gasteiger partial charge in [-0.2, -0.15) is 0 Å². The lowest BCUT2D eigenvalue weighted by Crippen LogP contribution is -2.26. The summed E-state index contributed by atoms with van der Waals surface area (Å²) in [5.74, 6) is 0.115. The van der Waals surface area contributed by atoms with Gasteiger partial charge in [0.25, 0.3) is 5.91 Å². The number of hydrogen-bond donors (Lipinski definition) is 1. The highest BCUT2D eigenvalue weighted by atomic mass is 32.1. The van der Waals surface area contributed by atoms with Gasteiger partial charge in [-0.3, -0.25) is 9.78 Å². The van der Waals surface area contributed by atoms with Gasteiger partial charge in [0.2, 0.25) is 0 Å². The molecule has 0 saturated heterocycles. The maximum absolute atomic E-state index is 12.1. The molecule has 112 valence electrons. The van der Waals surface area contributed by atoms with Gasteiger partial charge in [-0.05, 0) is 32.0 Å². The van der Waals surface area contributed by atoms with Crippen LogP contribution in [0.2, 0.25) is 0 Å². The number of thiazole rings is 1. The fraction of sp³-hybridized carbons (Fsp3) is 0.188. The molecule has 1 amide bonds. The van der Waals surface area contributed by atoms with Gasteiger partial charge in [-0.1, -0.05) is 0 Å². The van der Waals surface area contributed by atoms with Crippen molar-refractivity contribution in [1.82, 2.24) is 15.3 Å². The van der Waals surface area contributed by atoms with E-state index in [-0.39, 0.29) is 11.9 Å². The fourth-order valence-corrected chi connectivity index (χ4v) is 2.90. The number of nitrogens with zero attached hydrogens (tertiary/aromatic N) is 2. The lowest BCUT2D eigenvalue weighted by atomic mass is 10.2. The SMILES string of the molecule is Cc1ccoc1C(=O)NC(C)c1nc(-c2cccnc2)cs1. The average Bonchev–Trinajstić information content (AvgIpc) is 3.17. The Morgan fingerprint density at radius 1 is 1.41 bits per heavy atom. The van der Waals surface area contributed by atoms with Gasteiger partial charge in [0, 0.05) is 28.9 Å². The Morgan fingerprint density at radius 2 is 2.27 bits per heavy atom. The van der Waals surface area contributed by atoms with Crippen molar-refractivity contribution in [1.29, 1.82) is 0 Å². The van der Waals surface area contributed by atoms with Crippen LogP contribution < -0.4 is 5.32 Å². The zero-order valence-corrected chi connectivity index (χ0v) is 13.1. The molecule has 0 aromatic carbocycles. The molecule has 1 N–H and O–H groups in total. The molecular formula is C16H15N3O2S. The third kappa shape index (κ3) is 2.92. The van der Waals surface area contributed by atoms with Crippen molar-refractivity contribution in [3.05, 3.63) is 58.6 Å². The van der Waals surface area contributed by atoms with Crippen LogP contribution in [0.1, 0.15) is 34.1 Å². The number of aromatic nitrogens is 2. The van der Waals surface area contributed by atoms with Crippen molar-refractivity contribution < 1.29 is 9.21 Å². The molecule has 3 aromatic heterocycles. The van der Waals surface area contributed by atoms with Crippen LogP contribution in [0.15, 0.2) is 46.7 Å². The summed E-state index contributed by atoms with van der Waals surface area (Å²) in [6.45, 7) is 3.75. The van der Waals surface area contributed by atoms with E-state index in [0.717, 1.165) is 21.8 Å². The Labute approximate surface area is 132 Å². The Kier molecular flexibility index (Phi) is 4.02. The van der Waals surface area contributed by atoms with Crippen LogP contribution in [0.5, 0.6) is 0 Å². The van der Waals surface area contributed by atoms with Gasteiger partial charge in [-0.15, -0.1) is 11.3 Å². The summed E-state index contributed by atoms with van der Waals surface area (Å²) in [6, 6.07) is 5.41. The maximum Gasteiger partial charge on any atom is 0.287 e. The lowest BCUT2D eigenvalue weighted by molar-refractivity contribution is 0.0911. The third-order valence-electron chi connectivity index (χ3n) is 3.27. The Morgan fingerprint density at radius 3 is 2.95 bits per heavy atom. The Hall–Kier alpha value is -2.47. The van der Waals surface area contributed by atoms with Crippen molar-refractivity contribution in [2.45, 2.75) is 19.9 Å². The molecule has 22 heavy (non-hydrogen) atoms. The molecule has 3 heterocycles. The van der Waals surface area contributed by atoms with E-state index in [2.05, 4.69) is 15.3 Å². The van der Waals surface area contributed by atoms with E-state index in [1.54, 1.807) is 18.5 Å². The molecule has 3 rings (SSSR count). The number of furan rings is 1. The summed E-state index contributed by atoms with van der Waals surface area (Å²) in [6.07, 6.45) is 5.01. The quantitative estimate of drug-likeness (QED) is 0.799. The van der Waals surface area contributed by atoms with E-state index in [1.165, 1.54) is 17.6 Å². The van der Waals surface area contributed by atoms with Gasteiger partial charge < -0.3 is 9.73 Å². The number of amides is 1. The number of hydrogen-bond acceptors (Lipinski definition) is 5. The predicted molar refractivity (Wildman–Crippen MR) is 84.7 cm³/mol. The molecule has 0 aliphatic heterocycles. The van der Waals surface area contributed by atoms with E-state index < -0.39 is 0 Å². The highest BCUT2D eigenvalue weighted by Crippen LogP contribution is 2.25. The second-order valence-electron chi connectivity index (χ2n) is 4.94. The zero-order chi connectivity index (χ0) is 15.5. The molecule has 0 radical (unpaired) electrons. The summed E-state index contributed by atoms with van der Waals surface area (Å²) >= 11 is 1.51. The van der Waals surface area contributed by atoms with Crippen molar-refractivity contribution >= 4 is 17.2 Å². The normalized spacial score (nSPS) is 12.1. The first kappa shape index (κ1) is 14.5. The monoisotopic (exact) mass is 313 g/mol. The van der Waals surface area contributed by atoms with Crippen molar-refractivity contribution in [2.75, 3.05) is 0 Å². The van der Waals surface area contributed by atoms with Crippen LogP contribution in [-0.2, 0) is 0 Å². The number of carbonyl (C=O) groups excluding carboxylic acids is 1. The van der Waals surface area contributed by atoms with Gasteiger partial charge in [-0.25, -0.2) is 4.98 Å². The molecule has 0 aliphatic carbocycles. The van der Waals surface area contributed by atoms with Gasteiger partial charge in [0.05, 0.1) is 18.0 Å². The minimum atomic E-state index is -0.229. The highest BCUT2D eigenvalue weighted by Gasteiger charge is 2.18. The summed E-state index contributed by atoms with van der Waals surface area (Å²) in [7, 11) is 0. The molecule has 6 heteroatoms. The largest absolute Gasteiger partial charge is 0.459 e. The molecule has 0 spiro atoms. The first-order valence-corrected chi connectivity index (χ1v) is 7.74.